The van der Waals surface area contributed by atoms with Gasteiger partial charge in [-0.25, -0.2) is 4.98 Å². The molecule has 4 rings (SSSR count). The molecule has 176 valence electrons. The molecule has 0 amide bonds. The first-order valence-electron chi connectivity index (χ1n) is 11.6. The third kappa shape index (κ3) is 5.88. The number of likely N-dealkylation sites (tertiary alicyclic amines) is 1. The Morgan fingerprint density at radius 2 is 2.12 bits per heavy atom. The topological polar surface area (TPSA) is 57.9 Å². The minimum absolute atomic E-state index is 0. The standard InChI is InChI=1S/C24H36N6O.HI/c1-4-26-24(29-11-8-19(2)23(17-29)30-13-10-25-18-30)27-15-20-9-12-28(16-20)21-6-5-7-22(14-21)31-3;/h5-7,10,13-14,18-20,23H,4,8-9,11-12,15-17H2,1-3H3,(H,26,27);1H. The number of nitrogens with zero attached hydrogens (tertiary/aromatic N) is 5. The fourth-order valence-electron chi connectivity index (χ4n) is 4.76. The number of hydrogen-bond acceptors (Lipinski definition) is 4. The zero-order valence-electron chi connectivity index (χ0n) is 19.5. The van der Waals surface area contributed by atoms with Crippen LogP contribution in [0.3, 0.4) is 0 Å². The van der Waals surface area contributed by atoms with Crippen LogP contribution in [0.4, 0.5) is 5.69 Å². The van der Waals surface area contributed by atoms with Crippen LogP contribution in [0.15, 0.2) is 48.0 Å². The average Bonchev–Trinajstić information content (AvgIpc) is 3.50. The van der Waals surface area contributed by atoms with Crippen LogP contribution in [-0.2, 0) is 0 Å². The van der Waals surface area contributed by atoms with Gasteiger partial charge in [-0.1, -0.05) is 13.0 Å². The number of aliphatic imine (C=N–C) groups is 1. The van der Waals surface area contributed by atoms with E-state index in [2.05, 4.69) is 62.9 Å². The lowest BCUT2D eigenvalue weighted by molar-refractivity contribution is 0.189. The number of halogens is 1. The normalized spacial score (nSPS) is 23.7. The minimum Gasteiger partial charge on any atom is -0.497 e. The van der Waals surface area contributed by atoms with E-state index in [1.807, 2.05) is 18.6 Å². The second-order valence-corrected chi connectivity index (χ2v) is 8.79. The quantitative estimate of drug-likeness (QED) is 0.335. The average molecular weight is 553 g/mol. The lowest BCUT2D eigenvalue weighted by Crippen LogP contribution is -2.49. The molecule has 0 aliphatic carbocycles. The molecule has 32 heavy (non-hydrogen) atoms. The summed E-state index contributed by atoms with van der Waals surface area (Å²) in [5.41, 5.74) is 1.24. The summed E-state index contributed by atoms with van der Waals surface area (Å²) in [4.78, 5) is 14.2. The Hall–Kier alpha value is -1.97. The van der Waals surface area contributed by atoms with Gasteiger partial charge in [0, 0.05) is 63.4 Å². The van der Waals surface area contributed by atoms with Crippen LogP contribution in [0.1, 0.15) is 32.7 Å². The fraction of sp³-hybridized carbons (Fsp3) is 0.583. The molecule has 2 aromatic rings. The van der Waals surface area contributed by atoms with Gasteiger partial charge in [0.25, 0.3) is 0 Å². The van der Waals surface area contributed by atoms with Gasteiger partial charge in [-0.15, -0.1) is 24.0 Å². The Bertz CT molecular complexity index is 858. The molecule has 2 aliphatic heterocycles. The maximum Gasteiger partial charge on any atom is 0.193 e. The van der Waals surface area contributed by atoms with Crippen molar-refractivity contribution in [1.82, 2.24) is 19.8 Å². The van der Waals surface area contributed by atoms with Crippen molar-refractivity contribution in [1.29, 1.82) is 0 Å². The molecule has 0 radical (unpaired) electrons. The number of aromatic nitrogens is 2. The van der Waals surface area contributed by atoms with Crippen molar-refractivity contribution >= 4 is 35.6 Å². The number of imidazole rings is 1. The lowest BCUT2D eigenvalue weighted by atomic mass is 9.93. The van der Waals surface area contributed by atoms with Crippen LogP contribution >= 0.6 is 24.0 Å². The van der Waals surface area contributed by atoms with Gasteiger partial charge in [-0.05, 0) is 43.7 Å². The first-order valence-corrected chi connectivity index (χ1v) is 11.6. The number of piperidine rings is 1. The predicted molar refractivity (Wildman–Crippen MR) is 141 cm³/mol. The van der Waals surface area contributed by atoms with Gasteiger partial charge in [0.2, 0.25) is 0 Å². The Kier molecular flexibility index (Phi) is 9.07. The van der Waals surface area contributed by atoms with Crippen molar-refractivity contribution in [3.8, 4) is 5.75 Å². The van der Waals surface area contributed by atoms with E-state index in [4.69, 9.17) is 9.73 Å². The third-order valence-corrected chi connectivity index (χ3v) is 6.66. The molecule has 2 saturated heterocycles. The van der Waals surface area contributed by atoms with Crippen molar-refractivity contribution in [2.24, 2.45) is 16.8 Å². The molecule has 3 heterocycles. The van der Waals surface area contributed by atoms with Crippen molar-refractivity contribution in [3.05, 3.63) is 43.0 Å². The molecule has 0 saturated carbocycles. The molecule has 1 aromatic carbocycles. The van der Waals surface area contributed by atoms with Crippen molar-refractivity contribution in [2.75, 3.05) is 51.3 Å². The summed E-state index contributed by atoms with van der Waals surface area (Å²) in [6.07, 6.45) is 8.25. The number of guanidine groups is 1. The van der Waals surface area contributed by atoms with E-state index in [0.29, 0.717) is 17.9 Å². The third-order valence-electron chi connectivity index (χ3n) is 6.66. The van der Waals surface area contributed by atoms with E-state index in [9.17, 15) is 0 Å². The van der Waals surface area contributed by atoms with Crippen molar-refractivity contribution in [2.45, 2.75) is 32.7 Å². The van der Waals surface area contributed by atoms with Crippen LogP contribution in [0.5, 0.6) is 5.75 Å². The zero-order chi connectivity index (χ0) is 21.6. The highest BCUT2D eigenvalue weighted by atomic mass is 127. The van der Waals surface area contributed by atoms with Crippen LogP contribution in [0.25, 0.3) is 0 Å². The number of methoxy groups -OCH3 is 1. The highest BCUT2D eigenvalue weighted by Gasteiger charge is 2.29. The summed E-state index contributed by atoms with van der Waals surface area (Å²) in [7, 11) is 1.72. The summed E-state index contributed by atoms with van der Waals surface area (Å²) in [5.74, 6) is 3.19. The molecule has 3 unspecified atom stereocenters. The molecule has 8 heteroatoms. The van der Waals surface area contributed by atoms with E-state index < -0.39 is 0 Å². The second-order valence-electron chi connectivity index (χ2n) is 8.79. The van der Waals surface area contributed by atoms with Gasteiger partial charge >= 0.3 is 0 Å². The molecule has 1 aromatic heterocycles. The Morgan fingerprint density at radius 1 is 1.25 bits per heavy atom. The van der Waals surface area contributed by atoms with Crippen molar-refractivity contribution < 1.29 is 4.74 Å². The molecular weight excluding hydrogens is 515 g/mol. The Labute approximate surface area is 209 Å². The maximum absolute atomic E-state index is 5.39. The number of benzene rings is 1. The lowest BCUT2D eigenvalue weighted by Gasteiger charge is -2.39. The zero-order valence-corrected chi connectivity index (χ0v) is 21.8. The highest BCUT2D eigenvalue weighted by Crippen LogP contribution is 2.29. The van der Waals surface area contributed by atoms with Crippen LogP contribution in [0, 0.1) is 11.8 Å². The van der Waals surface area contributed by atoms with Gasteiger partial charge in [0.15, 0.2) is 5.96 Å². The summed E-state index contributed by atoms with van der Waals surface area (Å²) >= 11 is 0. The van der Waals surface area contributed by atoms with Gasteiger partial charge in [0.05, 0.1) is 19.5 Å². The number of hydrogen-bond donors (Lipinski definition) is 1. The van der Waals surface area contributed by atoms with E-state index >= 15 is 0 Å². The number of rotatable bonds is 6. The van der Waals surface area contributed by atoms with Gasteiger partial charge in [0.1, 0.15) is 5.75 Å². The van der Waals surface area contributed by atoms with Gasteiger partial charge in [-0.2, -0.15) is 0 Å². The molecule has 2 aliphatic rings. The molecular formula is C24H37IN6O. The van der Waals surface area contributed by atoms with Gasteiger partial charge in [-0.3, -0.25) is 4.99 Å². The number of ether oxygens (including phenoxy) is 1. The van der Waals surface area contributed by atoms with E-state index in [1.165, 1.54) is 18.5 Å². The Balaban J connectivity index is 0.00000289. The molecule has 7 nitrogen and oxygen atoms in total. The number of anilines is 1. The monoisotopic (exact) mass is 552 g/mol. The van der Waals surface area contributed by atoms with Gasteiger partial charge < -0.3 is 24.4 Å². The summed E-state index contributed by atoms with van der Waals surface area (Å²) in [5, 5.41) is 3.54. The molecule has 1 N–H and O–H groups in total. The van der Waals surface area contributed by atoms with E-state index in [0.717, 1.165) is 51.0 Å². The fourth-order valence-corrected chi connectivity index (χ4v) is 4.76. The first-order chi connectivity index (χ1) is 15.2. The maximum atomic E-state index is 5.39. The summed E-state index contributed by atoms with van der Waals surface area (Å²) in [6.45, 7) is 10.4. The SMILES string of the molecule is CCNC(=NCC1CCN(c2cccc(OC)c2)C1)N1CCC(C)C(n2ccnc2)C1.I. The summed E-state index contributed by atoms with van der Waals surface area (Å²) in [6, 6.07) is 8.80. The molecule has 0 spiro atoms. The molecule has 2 fully saturated rings. The largest absolute Gasteiger partial charge is 0.497 e. The molecule has 3 atom stereocenters. The van der Waals surface area contributed by atoms with Crippen molar-refractivity contribution in [3.63, 3.8) is 0 Å². The predicted octanol–water partition coefficient (Wildman–Crippen LogP) is 3.88. The number of nitrogens with one attached hydrogen (secondary N) is 1. The van der Waals surface area contributed by atoms with Crippen LogP contribution in [-0.4, -0.2) is 66.8 Å². The smallest absolute Gasteiger partial charge is 0.193 e. The second kappa shape index (κ2) is 11.8. The van der Waals surface area contributed by atoms with Crippen LogP contribution in [0.2, 0.25) is 0 Å². The highest BCUT2D eigenvalue weighted by molar-refractivity contribution is 14.0. The van der Waals surface area contributed by atoms with E-state index in [-0.39, 0.29) is 24.0 Å². The first kappa shape index (κ1) is 24.7. The minimum atomic E-state index is 0. The van der Waals surface area contributed by atoms with E-state index in [1.54, 1.807) is 7.11 Å². The molecule has 0 bridgehead atoms. The summed E-state index contributed by atoms with van der Waals surface area (Å²) < 4.78 is 7.64. The van der Waals surface area contributed by atoms with Crippen LogP contribution < -0.4 is 15.0 Å². The Morgan fingerprint density at radius 3 is 2.88 bits per heavy atom.